The van der Waals surface area contributed by atoms with Gasteiger partial charge in [-0.2, -0.15) is 4.99 Å². The van der Waals surface area contributed by atoms with Gasteiger partial charge in [0.2, 0.25) is 6.08 Å². The normalized spacial score (nSPS) is 26.7. The van der Waals surface area contributed by atoms with Crippen molar-refractivity contribution in [2.24, 2.45) is 4.99 Å². The van der Waals surface area contributed by atoms with Gasteiger partial charge in [0.15, 0.2) is 5.79 Å². The van der Waals surface area contributed by atoms with E-state index in [4.69, 9.17) is 9.47 Å². The van der Waals surface area contributed by atoms with E-state index < -0.39 is 5.79 Å². The molecule has 1 saturated heterocycles. The van der Waals surface area contributed by atoms with E-state index in [1.807, 2.05) is 32.0 Å². The second kappa shape index (κ2) is 4.27. The summed E-state index contributed by atoms with van der Waals surface area (Å²) in [5.41, 5.74) is 1.82. The summed E-state index contributed by atoms with van der Waals surface area (Å²) < 4.78 is 11.4. The van der Waals surface area contributed by atoms with Crippen molar-refractivity contribution in [3.05, 3.63) is 35.4 Å². The van der Waals surface area contributed by atoms with Crippen molar-refractivity contribution in [1.29, 1.82) is 0 Å². The highest BCUT2D eigenvalue weighted by Crippen LogP contribution is 2.49. The quantitative estimate of drug-likeness (QED) is 0.619. The molecule has 1 unspecified atom stereocenters. The molecule has 1 aliphatic carbocycles. The molecule has 100 valence electrons. The molecule has 1 aliphatic heterocycles. The zero-order valence-corrected chi connectivity index (χ0v) is 11.2. The molecule has 0 spiro atoms. The summed E-state index contributed by atoms with van der Waals surface area (Å²) >= 11 is 0. The number of nitrogens with zero attached hydrogens (tertiary/aromatic N) is 1. The van der Waals surface area contributed by atoms with E-state index in [1.54, 1.807) is 6.08 Å². The van der Waals surface area contributed by atoms with Crippen LogP contribution in [0.4, 0.5) is 0 Å². The first-order valence-corrected chi connectivity index (χ1v) is 6.56. The largest absolute Gasteiger partial charge is 0.347 e. The fourth-order valence-corrected chi connectivity index (χ4v) is 2.55. The van der Waals surface area contributed by atoms with Gasteiger partial charge in [-0.25, -0.2) is 4.79 Å². The van der Waals surface area contributed by atoms with Gasteiger partial charge in [0, 0.05) is 0 Å². The number of isocyanates is 1. The first kappa shape index (κ1) is 12.5. The molecule has 1 saturated carbocycles. The third kappa shape index (κ3) is 2.35. The molecule has 1 atom stereocenters. The summed E-state index contributed by atoms with van der Waals surface area (Å²) in [6, 6.07) is 8.10. The Balaban J connectivity index is 1.87. The Morgan fingerprint density at radius 2 is 2.16 bits per heavy atom. The molecule has 1 heterocycles. The van der Waals surface area contributed by atoms with Gasteiger partial charge in [-0.3, -0.25) is 0 Å². The molecule has 0 bridgehead atoms. The standard InChI is InChI=1S/C15H17NO3/c1-14(2)18-9-13(19-14)11-4-3-5-12(8-11)15(6-7-15)16-10-17/h3-5,8,13H,6-7,9H2,1-2H3. The maximum atomic E-state index is 10.5. The predicted molar refractivity (Wildman–Crippen MR) is 69.3 cm³/mol. The SMILES string of the molecule is CC1(C)OCC(c2cccc(C3(N=C=O)CC3)c2)O1. The minimum absolute atomic E-state index is 0.0500. The molecule has 19 heavy (non-hydrogen) atoms. The van der Waals surface area contributed by atoms with Gasteiger partial charge < -0.3 is 9.47 Å². The Morgan fingerprint density at radius 3 is 2.74 bits per heavy atom. The van der Waals surface area contributed by atoms with Gasteiger partial charge in [-0.05, 0) is 37.8 Å². The lowest BCUT2D eigenvalue weighted by Gasteiger charge is -2.18. The molecule has 2 aliphatic rings. The summed E-state index contributed by atoms with van der Waals surface area (Å²) in [7, 11) is 0. The summed E-state index contributed by atoms with van der Waals surface area (Å²) in [6.07, 6.45) is 3.47. The van der Waals surface area contributed by atoms with Crippen molar-refractivity contribution in [3.63, 3.8) is 0 Å². The number of carbonyl (C=O) groups excluding carboxylic acids is 1. The smallest absolute Gasteiger partial charge is 0.235 e. The average molecular weight is 259 g/mol. The van der Waals surface area contributed by atoms with Crippen LogP contribution >= 0.6 is 0 Å². The third-order valence-electron chi connectivity index (χ3n) is 3.79. The highest BCUT2D eigenvalue weighted by atomic mass is 16.7. The molecule has 4 nitrogen and oxygen atoms in total. The Labute approximate surface area is 112 Å². The lowest BCUT2D eigenvalue weighted by molar-refractivity contribution is -0.139. The van der Waals surface area contributed by atoms with Crippen molar-refractivity contribution in [2.45, 2.75) is 44.1 Å². The molecule has 0 radical (unpaired) electrons. The van der Waals surface area contributed by atoms with Gasteiger partial charge in [-0.1, -0.05) is 24.3 Å². The Kier molecular flexibility index (Phi) is 2.82. The fourth-order valence-electron chi connectivity index (χ4n) is 2.55. The number of hydrogen-bond donors (Lipinski definition) is 0. The van der Waals surface area contributed by atoms with Gasteiger partial charge >= 0.3 is 0 Å². The van der Waals surface area contributed by atoms with E-state index in [9.17, 15) is 4.79 Å². The molecule has 3 rings (SSSR count). The van der Waals surface area contributed by atoms with E-state index in [2.05, 4.69) is 11.1 Å². The van der Waals surface area contributed by atoms with Crippen LogP contribution in [0, 0.1) is 0 Å². The van der Waals surface area contributed by atoms with Crippen LogP contribution in [-0.2, 0) is 19.8 Å². The molecule has 0 N–H and O–H groups in total. The zero-order chi connectivity index (χ0) is 13.5. The molecule has 1 aromatic carbocycles. The van der Waals surface area contributed by atoms with Crippen LogP contribution in [-0.4, -0.2) is 18.5 Å². The topological polar surface area (TPSA) is 47.9 Å². The van der Waals surface area contributed by atoms with Crippen LogP contribution in [0.25, 0.3) is 0 Å². The minimum Gasteiger partial charge on any atom is -0.347 e. The lowest BCUT2D eigenvalue weighted by atomic mass is 10.0. The van der Waals surface area contributed by atoms with Gasteiger partial charge in [-0.15, -0.1) is 0 Å². The molecule has 2 fully saturated rings. The number of hydrogen-bond acceptors (Lipinski definition) is 4. The van der Waals surface area contributed by atoms with E-state index in [1.165, 1.54) is 0 Å². The van der Waals surface area contributed by atoms with Gasteiger partial charge in [0.25, 0.3) is 0 Å². The van der Waals surface area contributed by atoms with Crippen molar-refractivity contribution >= 4 is 6.08 Å². The third-order valence-corrected chi connectivity index (χ3v) is 3.79. The van der Waals surface area contributed by atoms with Crippen LogP contribution in [0.5, 0.6) is 0 Å². The van der Waals surface area contributed by atoms with Crippen LogP contribution in [0.2, 0.25) is 0 Å². The van der Waals surface area contributed by atoms with E-state index in [0.717, 1.165) is 24.0 Å². The van der Waals surface area contributed by atoms with Crippen LogP contribution in [0.15, 0.2) is 29.3 Å². The molecular formula is C15H17NO3. The Morgan fingerprint density at radius 1 is 1.37 bits per heavy atom. The molecular weight excluding hydrogens is 242 g/mol. The van der Waals surface area contributed by atoms with E-state index in [0.29, 0.717) is 6.61 Å². The summed E-state index contributed by atoms with van der Waals surface area (Å²) in [4.78, 5) is 14.5. The number of rotatable bonds is 3. The summed E-state index contributed by atoms with van der Waals surface area (Å²) in [5.74, 6) is -0.529. The summed E-state index contributed by atoms with van der Waals surface area (Å²) in [6.45, 7) is 4.38. The van der Waals surface area contributed by atoms with Gasteiger partial charge in [0.05, 0.1) is 12.1 Å². The maximum absolute atomic E-state index is 10.5. The van der Waals surface area contributed by atoms with Gasteiger partial charge in [0.1, 0.15) is 6.10 Å². The summed E-state index contributed by atoms with van der Waals surface area (Å²) in [5, 5.41) is 0. The molecule has 4 heteroatoms. The number of benzene rings is 1. The number of aliphatic imine (C=N–C) groups is 1. The Bertz CT molecular complexity index is 542. The van der Waals surface area contributed by atoms with E-state index >= 15 is 0 Å². The van der Waals surface area contributed by atoms with Crippen molar-refractivity contribution in [3.8, 4) is 0 Å². The maximum Gasteiger partial charge on any atom is 0.235 e. The second-order valence-corrected chi connectivity index (χ2v) is 5.68. The average Bonchev–Trinajstić information content (AvgIpc) is 3.08. The molecule has 0 aromatic heterocycles. The zero-order valence-electron chi connectivity index (χ0n) is 11.2. The molecule has 1 aromatic rings. The molecule has 0 amide bonds. The van der Waals surface area contributed by atoms with Crippen LogP contribution in [0.1, 0.15) is 43.9 Å². The van der Waals surface area contributed by atoms with Crippen LogP contribution in [0.3, 0.4) is 0 Å². The fraction of sp³-hybridized carbons (Fsp3) is 0.533. The minimum atomic E-state index is -0.529. The van der Waals surface area contributed by atoms with Crippen molar-refractivity contribution < 1.29 is 14.3 Å². The first-order valence-electron chi connectivity index (χ1n) is 6.56. The lowest BCUT2D eigenvalue weighted by Crippen LogP contribution is -2.19. The first-order chi connectivity index (χ1) is 9.05. The van der Waals surface area contributed by atoms with Crippen molar-refractivity contribution in [1.82, 2.24) is 0 Å². The highest BCUT2D eigenvalue weighted by molar-refractivity contribution is 5.42. The van der Waals surface area contributed by atoms with Crippen molar-refractivity contribution in [2.75, 3.05) is 6.61 Å². The second-order valence-electron chi connectivity index (χ2n) is 5.68. The number of ether oxygens (including phenoxy) is 2. The highest BCUT2D eigenvalue weighted by Gasteiger charge is 2.45. The Hall–Kier alpha value is -1.48. The van der Waals surface area contributed by atoms with E-state index in [-0.39, 0.29) is 11.6 Å². The van der Waals surface area contributed by atoms with Crippen LogP contribution < -0.4 is 0 Å². The predicted octanol–water partition coefficient (Wildman–Crippen LogP) is 2.84. The monoisotopic (exact) mass is 259 g/mol.